The van der Waals surface area contributed by atoms with Gasteiger partial charge in [-0.25, -0.2) is 8.42 Å². The summed E-state index contributed by atoms with van der Waals surface area (Å²) in [6.07, 6.45) is 0. The van der Waals surface area contributed by atoms with Crippen LogP contribution in [0.15, 0.2) is 77.7 Å². The van der Waals surface area contributed by atoms with E-state index in [2.05, 4.69) is 10.0 Å². The van der Waals surface area contributed by atoms with Gasteiger partial charge in [0.05, 0.1) is 16.6 Å². The number of carbonyl (C=O) groups excluding carboxylic acids is 1. The van der Waals surface area contributed by atoms with E-state index < -0.39 is 10.0 Å². The summed E-state index contributed by atoms with van der Waals surface area (Å²) in [5.41, 5.74) is 3.17. The second-order valence-electron chi connectivity index (χ2n) is 7.01. The van der Waals surface area contributed by atoms with E-state index in [9.17, 15) is 13.2 Å². The van der Waals surface area contributed by atoms with Crippen LogP contribution in [0.5, 0.6) is 0 Å². The largest absolute Gasteiger partial charge is 0.346 e. The lowest BCUT2D eigenvalue weighted by atomic mass is 10.1. The maximum absolute atomic E-state index is 13.0. The standard InChI is InChI=1S/C23H24N2O3S/c1-16-9-7-8-12-21(16)25-29(27,28)22-15-20(14-13-17(22)2)23(26)24-18(3)19-10-5-4-6-11-19/h4-15,18,25H,1-3H3,(H,24,26)/t18-/m0/s1. The van der Waals surface area contributed by atoms with Gasteiger partial charge in [-0.15, -0.1) is 0 Å². The minimum absolute atomic E-state index is 0.0840. The Bertz CT molecular complexity index is 1130. The fraction of sp³-hybridized carbons (Fsp3) is 0.174. The molecular formula is C23H24N2O3S. The second-order valence-corrected chi connectivity index (χ2v) is 8.66. The molecule has 0 spiro atoms. The lowest BCUT2D eigenvalue weighted by Crippen LogP contribution is -2.27. The summed E-state index contributed by atoms with van der Waals surface area (Å²) in [5.74, 6) is -0.325. The molecule has 1 atom stereocenters. The third kappa shape index (κ3) is 4.84. The van der Waals surface area contributed by atoms with E-state index in [1.807, 2.05) is 56.3 Å². The van der Waals surface area contributed by atoms with Crippen LogP contribution < -0.4 is 10.0 Å². The number of para-hydroxylation sites is 1. The van der Waals surface area contributed by atoms with Gasteiger partial charge in [-0.05, 0) is 55.7 Å². The molecular weight excluding hydrogens is 384 g/mol. The lowest BCUT2D eigenvalue weighted by molar-refractivity contribution is 0.0939. The minimum atomic E-state index is -3.83. The van der Waals surface area contributed by atoms with Crippen LogP contribution in [-0.2, 0) is 10.0 Å². The third-order valence-corrected chi connectivity index (χ3v) is 6.28. The van der Waals surface area contributed by atoms with Gasteiger partial charge in [-0.2, -0.15) is 0 Å². The van der Waals surface area contributed by atoms with Crippen LogP contribution in [-0.4, -0.2) is 14.3 Å². The smallest absolute Gasteiger partial charge is 0.262 e. The van der Waals surface area contributed by atoms with Crippen molar-refractivity contribution in [1.29, 1.82) is 0 Å². The number of nitrogens with one attached hydrogen (secondary N) is 2. The van der Waals surface area contributed by atoms with E-state index in [1.54, 1.807) is 31.2 Å². The predicted octanol–water partition coefficient (Wildman–Crippen LogP) is 4.60. The average molecular weight is 409 g/mol. The molecule has 0 saturated heterocycles. The first kappa shape index (κ1) is 20.6. The maximum atomic E-state index is 13.0. The van der Waals surface area contributed by atoms with Crippen molar-refractivity contribution in [2.75, 3.05) is 4.72 Å². The van der Waals surface area contributed by atoms with Crippen LogP contribution in [0.2, 0.25) is 0 Å². The molecule has 150 valence electrons. The Balaban J connectivity index is 1.85. The summed E-state index contributed by atoms with van der Waals surface area (Å²) in [6, 6.07) is 21.3. The molecule has 1 amide bonds. The van der Waals surface area contributed by atoms with Crippen molar-refractivity contribution in [2.45, 2.75) is 31.7 Å². The molecule has 29 heavy (non-hydrogen) atoms. The molecule has 2 N–H and O–H groups in total. The molecule has 6 heteroatoms. The highest BCUT2D eigenvalue weighted by molar-refractivity contribution is 7.92. The van der Waals surface area contributed by atoms with Crippen LogP contribution in [0.25, 0.3) is 0 Å². The van der Waals surface area contributed by atoms with Gasteiger partial charge in [-0.1, -0.05) is 54.6 Å². The lowest BCUT2D eigenvalue weighted by Gasteiger charge is -2.16. The van der Waals surface area contributed by atoms with Crippen molar-refractivity contribution in [3.63, 3.8) is 0 Å². The Morgan fingerprint density at radius 2 is 1.52 bits per heavy atom. The zero-order valence-electron chi connectivity index (χ0n) is 16.6. The molecule has 0 aliphatic rings. The van der Waals surface area contributed by atoms with Gasteiger partial charge in [0.25, 0.3) is 15.9 Å². The van der Waals surface area contributed by atoms with Crippen molar-refractivity contribution < 1.29 is 13.2 Å². The summed E-state index contributed by atoms with van der Waals surface area (Å²) < 4.78 is 28.5. The van der Waals surface area contributed by atoms with Gasteiger partial charge in [0, 0.05) is 5.56 Å². The molecule has 0 radical (unpaired) electrons. The number of sulfonamides is 1. The number of hydrogen-bond donors (Lipinski definition) is 2. The molecule has 3 aromatic carbocycles. The Kier molecular flexibility index (Phi) is 6.03. The van der Waals surface area contributed by atoms with E-state index in [0.29, 0.717) is 16.8 Å². The molecule has 0 aromatic heterocycles. The summed E-state index contributed by atoms with van der Waals surface area (Å²) in [5, 5.41) is 2.92. The summed E-state index contributed by atoms with van der Waals surface area (Å²) >= 11 is 0. The number of benzene rings is 3. The Morgan fingerprint density at radius 1 is 0.862 bits per heavy atom. The molecule has 0 bridgehead atoms. The molecule has 0 aliphatic heterocycles. The predicted molar refractivity (Wildman–Crippen MR) is 115 cm³/mol. The third-order valence-electron chi connectivity index (χ3n) is 4.78. The normalized spacial score (nSPS) is 12.2. The first-order valence-corrected chi connectivity index (χ1v) is 10.8. The van der Waals surface area contributed by atoms with E-state index >= 15 is 0 Å². The van der Waals surface area contributed by atoms with Gasteiger partial charge in [-0.3, -0.25) is 9.52 Å². The summed E-state index contributed by atoms with van der Waals surface area (Å²) in [7, 11) is -3.83. The zero-order chi connectivity index (χ0) is 21.0. The van der Waals surface area contributed by atoms with E-state index in [-0.39, 0.29) is 16.8 Å². The highest BCUT2D eigenvalue weighted by Crippen LogP contribution is 2.23. The molecule has 0 fully saturated rings. The number of aryl methyl sites for hydroxylation is 2. The van der Waals surface area contributed by atoms with Crippen LogP contribution in [0.4, 0.5) is 5.69 Å². The first-order chi connectivity index (χ1) is 13.8. The number of amides is 1. The molecule has 0 heterocycles. The van der Waals surface area contributed by atoms with Crippen molar-refractivity contribution in [2.24, 2.45) is 0 Å². The van der Waals surface area contributed by atoms with Crippen LogP contribution in [0.3, 0.4) is 0 Å². The van der Waals surface area contributed by atoms with Gasteiger partial charge in [0.2, 0.25) is 0 Å². The Hall–Kier alpha value is -3.12. The molecule has 0 aliphatic carbocycles. The van der Waals surface area contributed by atoms with Gasteiger partial charge in [0.15, 0.2) is 0 Å². The van der Waals surface area contributed by atoms with Gasteiger partial charge in [0.1, 0.15) is 0 Å². The number of anilines is 1. The van der Waals surface area contributed by atoms with Crippen LogP contribution >= 0.6 is 0 Å². The average Bonchev–Trinajstić information content (AvgIpc) is 2.70. The topological polar surface area (TPSA) is 75.3 Å². The highest BCUT2D eigenvalue weighted by atomic mass is 32.2. The van der Waals surface area contributed by atoms with Crippen molar-refractivity contribution in [3.05, 3.63) is 95.1 Å². The number of hydrogen-bond acceptors (Lipinski definition) is 3. The zero-order valence-corrected chi connectivity index (χ0v) is 17.5. The van der Waals surface area contributed by atoms with Crippen molar-refractivity contribution in [1.82, 2.24) is 5.32 Å². The van der Waals surface area contributed by atoms with E-state index in [4.69, 9.17) is 0 Å². The van der Waals surface area contributed by atoms with Crippen molar-refractivity contribution in [3.8, 4) is 0 Å². The highest BCUT2D eigenvalue weighted by Gasteiger charge is 2.20. The Labute approximate surface area is 171 Å². The minimum Gasteiger partial charge on any atom is -0.346 e. The number of rotatable bonds is 6. The summed E-state index contributed by atoms with van der Waals surface area (Å²) in [6.45, 7) is 5.43. The molecule has 3 rings (SSSR count). The molecule has 0 unspecified atom stereocenters. The fourth-order valence-corrected chi connectivity index (χ4v) is 4.43. The summed E-state index contributed by atoms with van der Waals surface area (Å²) in [4.78, 5) is 12.8. The SMILES string of the molecule is Cc1ccccc1NS(=O)(=O)c1cc(C(=O)N[C@@H](C)c2ccccc2)ccc1C. The van der Waals surface area contributed by atoms with E-state index in [0.717, 1.165) is 11.1 Å². The molecule has 3 aromatic rings. The van der Waals surface area contributed by atoms with Crippen LogP contribution in [0, 0.1) is 13.8 Å². The fourth-order valence-electron chi connectivity index (χ4n) is 3.02. The first-order valence-electron chi connectivity index (χ1n) is 9.33. The monoisotopic (exact) mass is 408 g/mol. The second kappa shape index (κ2) is 8.49. The maximum Gasteiger partial charge on any atom is 0.262 e. The van der Waals surface area contributed by atoms with Crippen LogP contribution in [0.1, 0.15) is 40.0 Å². The molecule has 0 saturated carbocycles. The van der Waals surface area contributed by atoms with Gasteiger partial charge < -0.3 is 5.32 Å². The quantitative estimate of drug-likeness (QED) is 0.626. The van der Waals surface area contributed by atoms with E-state index in [1.165, 1.54) is 6.07 Å². The van der Waals surface area contributed by atoms with Crippen molar-refractivity contribution >= 4 is 21.6 Å². The molecule has 5 nitrogen and oxygen atoms in total. The Morgan fingerprint density at radius 3 is 2.21 bits per heavy atom. The number of carbonyl (C=O) groups is 1. The van der Waals surface area contributed by atoms with Gasteiger partial charge >= 0.3 is 0 Å².